The third-order valence-corrected chi connectivity index (χ3v) is 3.56. The molecule has 3 nitrogen and oxygen atoms in total. The number of rotatable bonds is 3. The SMILES string of the molecule is COC(=O)Cc1cc(Br)c(Br)nc1C(F)F. The van der Waals surface area contributed by atoms with E-state index < -0.39 is 18.1 Å². The van der Waals surface area contributed by atoms with Gasteiger partial charge < -0.3 is 4.74 Å². The Morgan fingerprint density at radius 2 is 2.19 bits per heavy atom. The minimum absolute atomic E-state index is 0.150. The van der Waals surface area contributed by atoms with Gasteiger partial charge in [-0.25, -0.2) is 13.8 Å². The Morgan fingerprint density at radius 1 is 1.56 bits per heavy atom. The average molecular weight is 359 g/mol. The maximum absolute atomic E-state index is 12.6. The molecular formula is C9H7Br2F2NO2. The van der Waals surface area contributed by atoms with Crippen molar-refractivity contribution in [2.45, 2.75) is 12.8 Å². The van der Waals surface area contributed by atoms with Crippen LogP contribution in [0.1, 0.15) is 17.7 Å². The second kappa shape index (κ2) is 5.67. The molecule has 0 aliphatic rings. The third kappa shape index (κ3) is 3.21. The van der Waals surface area contributed by atoms with Crippen molar-refractivity contribution in [3.05, 3.63) is 26.4 Å². The quantitative estimate of drug-likeness (QED) is 0.615. The molecule has 1 aromatic rings. The van der Waals surface area contributed by atoms with E-state index in [9.17, 15) is 13.6 Å². The zero-order valence-corrected chi connectivity index (χ0v) is 11.3. The van der Waals surface area contributed by atoms with Crippen LogP contribution in [0.25, 0.3) is 0 Å². The molecule has 0 radical (unpaired) electrons. The topological polar surface area (TPSA) is 39.2 Å². The number of methoxy groups -OCH3 is 1. The third-order valence-electron chi connectivity index (χ3n) is 1.81. The Balaban J connectivity index is 3.14. The maximum atomic E-state index is 12.6. The second-order valence-electron chi connectivity index (χ2n) is 2.86. The van der Waals surface area contributed by atoms with E-state index in [1.165, 1.54) is 13.2 Å². The van der Waals surface area contributed by atoms with Crippen molar-refractivity contribution < 1.29 is 18.3 Å². The molecule has 0 aliphatic heterocycles. The van der Waals surface area contributed by atoms with E-state index in [2.05, 4.69) is 41.6 Å². The smallest absolute Gasteiger partial charge is 0.310 e. The fraction of sp³-hybridized carbons (Fsp3) is 0.333. The van der Waals surface area contributed by atoms with E-state index in [1.54, 1.807) is 0 Å². The number of nitrogens with zero attached hydrogens (tertiary/aromatic N) is 1. The first-order valence-electron chi connectivity index (χ1n) is 4.15. The van der Waals surface area contributed by atoms with Crippen molar-refractivity contribution in [3.63, 3.8) is 0 Å². The molecule has 0 spiro atoms. The van der Waals surface area contributed by atoms with Gasteiger partial charge in [0.25, 0.3) is 6.43 Å². The van der Waals surface area contributed by atoms with Crippen LogP contribution >= 0.6 is 31.9 Å². The summed E-state index contributed by atoms with van der Waals surface area (Å²) < 4.78 is 30.5. The Morgan fingerprint density at radius 3 is 2.69 bits per heavy atom. The molecule has 0 unspecified atom stereocenters. The van der Waals surface area contributed by atoms with Gasteiger partial charge in [-0.2, -0.15) is 0 Å². The van der Waals surface area contributed by atoms with Crippen LogP contribution in [0, 0.1) is 0 Å². The van der Waals surface area contributed by atoms with Crippen LogP contribution in [0.5, 0.6) is 0 Å². The normalized spacial score (nSPS) is 10.6. The van der Waals surface area contributed by atoms with E-state index in [1.807, 2.05) is 0 Å². The van der Waals surface area contributed by atoms with E-state index in [-0.39, 0.29) is 16.6 Å². The predicted octanol–water partition coefficient (Wildman–Crippen LogP) is 3.26. The highest BCUT2D eigenvalue weighted by molar-refractivity contribution is 9.13. The van der Waals surface area contributed by atoms with Gasteiger partial charge in [0, 0.05) is 0 Å². The minimum Gasteiger partial charge on any atom is -0.469 e. The number of carbonyl (C=O) groups excluding carboxylic acids is 1. The van der Waals surface area contributed by atoms with Crippen LogP contribution in [-0.2, 0) is 16.0 Å². The molecule has 1 heterocycles. The van der Waals surface area contributed by atoms with Crippen LogP contribution in [0.15, 0.2) is 15.1 Å². The van der Waals surface area contributed by atoms with E-state index in [4.69, 9.17) is 0 Å². The fourth-order valence-electron chi connectivity index (χ4n) is 1.08. The Labute approximate surface area is 107 Å². The zero-order chi connectivity index (χ0) is 12.3. The van der Waals surface area contributed by atoms with Crippen molar-refractivity contribution in [2.24, 2.45) is 0 Å². The molecule has 0 amide bonds. The van der Waals surface area contributed by atoms with Gasteiger partial charge in [-0.1, -0.05) is 0 Å². The molecule has 1 aromatic heterocycles. The Hall–Kier alpha value is -0.560. The van der Waals surface area contributed by atoms with Crippen molar-refractivity contribution in [1.82, 2.24) is 4.98 Å². The van der Waals surface area contributed by atoms with Gasteiger partial charge in [0.2, 0.25) is 0 Å². The lowest BCUT2D eigenvalue weighted by molar-refractivity contribution is -0.139. The lowest BCUT2D eigenvalue weighted by atomic mass is 10.1. The number of carbonyl (C=O) groups is 1. The summed E-state index contributed by atoms with van der Waals surface area (Å²) in [5, 5.41) is 0. The second-order valence-corrected chi connectivity index (χ2v) is 4.46. The molecule has 0 bridgehead atoms. The van der Waals surface area contributed by atoms with Gasteiger partial charge in [-0.05, 0) is 43.5 Å². The maximum Gasteiger partial charge on any atom is 0.310 e. The van der Waals surface area contributed by atoms with Gasteiger partial charge in [-0.3, -0.25) is 4.79 Å². The highest BCUT2D eigenvalue weighted by Crippen LogP contribution is 2.29. The zero-order valence-electron chi connectivity index (χ0n) is 8.14. The van der Waals surface area contributed by atoms with Gasteiger partial charge in [0.05, 0.1) is 18.0 Å². The monoisotopic (exact) mass is 357 g/mol. The molecule has 0 atom stereocenters. The fourth-order valence-corrected chi connectivity index (χ4v) is 1.75. The number of hydrogen-bond donors (Lipinski definition) is 0. The molecular weight excluding hydrogens is 352 g/mol. The molecule has 0 fully saturated rings. The molecule has 7 heteroatoms. The number of esters is 1. The summed E-state index contributed by atoms with van der Waals surface area (Å²) in [5.74, 6) is -0.585. The van der Waals surface area contributed by atoms with Crippen LogP contribution in [0.3, 0.4) is 0 Å². The summed E-state index contributed by atoms with van der Waals surface area (Å²) in [6, 6.07) is 1.43. The Kier molecular flexibility index (Phi) is 4.79. The number of alkyl halides is 2. The lowest BCUT2D eigenvalue weighted by Gasteiger charge is -2.08. The summed E-state index contributed by atoms with van der Waals surface area (Å²) in [6.07, 6.45) is -2.96. The highest BCUT2D eigenvalue weighted by Gasteiger charge is 2.19. The summed E-state index contributed by atoms with van der Waals surface area (Å²) in [6.45, 7) is 0. The molecule has 16 heavy (non-hydrogen) atoms. The van der Waals surface area contributed by atoms with Crippen molar-refractivity contribution in [2.75, 3.05) is 7.11 Å². The van der Waals surface area contributed by atoms with E-state index in [0.29, 0.717) is 4.47 Å². The number of aromatic nitrogens is 1. The molecule has 88 valence electrons. The number of hydrogen-bond acceptors (Lipinski definition) is 3. The van der Waals surface area contributed by atoms with Gasteiger partial charge in [0.15, 0.2) is 0 Å². The molecule has 0 aliphatic carbocycles. The van der Waals surface area contributed by atoms with Crippen LogP contribution in [-0.4, -0.2) is 18.1 Å². The lowest BCUT2D eigenvalue weighted by Crippen LogP contribution is -2.09. The first-order valence-corrected chi connectivity index (χ1v) is 5.74. The minimum atomic E-state index is -2.73. The first kappa shape index (κ1) is 13.5. The van der Waals surface area contributed by atoms with E-state index >= 15 is 0 Å². The number of halogens is 4. The molecule has 0 saturated heterocycles. The largest absolute Gasteiger partial charge is 0.469 e. The highest BCUT2D eigenvalue weighted by atomic mass is 79.9. The first-order chi connectivity index (χ1) is 7.45. The van der Waals surface area contributed by atoms with Crippen LogP contribution < -0.4 is 0 Å². The van der Waals surface area contributed by atoms with Gasteiger partial charge in [-0.15, -0.1) is 0 Å². The summed E-state index contributed by atoms with van der Waals surface area (Å²) in [5.41, 5.74) is -0.266. The van der Waals surface area contributed by atoms with Crippen LogP contribution in [0.4, 0.5) is 8.78 Å². The summed E-state index contributed by atoms with van der Waals surface area (Å²) in [7, 11) is 1.20. The summed E-state index contributed by atoms with van der Waals surface area (Å²) >= 11 is 6.16. The predicted molar refractivity (Wildman–Crippen MR) is 60.3 cm³/mol. The van der Waals surface area contributed by atoms with E-state index in [0.717, 1.165) is 0 Å². The van der Waals surface area contributed by atoms with Gasteiger partial charge in [0.1, 0.15) is 10.3 Å². The number of pyridine rings is 1. The molecule has 1 rings (SSSR count). The van der Waals surface area contributed by atoms with Crippen LogP contribution in [0.2, 0.25) is 0 Å². The van der Waals surface area contributed by atoms with Crippen molar-refractivity contribution in [1.29, 1.82) is 0 Å². The average Bonchev–Trinajstić information content (AvgIpc) is 2.22. The van der Waals surface area contributed by atoms with Crippen molar-refractivity contribution >= 4 is 37.8 Å². The standard InChI is InChI=1S/C9H7Br2F2NO2/c1-16-6(15)3-4-2-5(10)8(11)14-7(4)9(12)13/h2,9H,3H2,1H3. The summed E-state index contributed by atoms with van der Waals surface area (Å²) in [4.78, 5) is 14.7. The molecule has 0 aromatic carbocycles. The van der Waals surface area contributed by atoms with Gasteiger partial charge >= 0.3 is 5.97 Å². The van der Waals surface area contributed by atoms with Crippen molar-refractivity contribution in [3.8, 4) is 0 Å². The molecule has 0 N–H and O–H groups in total. The number of ether oxygens (including phenoxy) is 1. The Bertz CT molecular complexity index is 413. The molecule has 0 saturated carbocycles.